The van der Waals surface area contributed by atoms with Crippen LogP contribution in [0.1, 0.15) is 31.2 Å². The molecule has 1 fully saturated rings. The van der Waals surface area contributed by atoms with E-state index in [1.165, 1.54) is 12.1 Å². The molecule has 19 heavy (non-hydrogen) atoms. The van der Waals surface area contributed by atoms with Crippen molar-refractivity contribution in [2.75, 3.05) is 6.61 Å². The first-order valence-electron chi connectivity index (χ1n) is 6.09. The van der Waals surface area contributed by atoms with E-state index in [2.05, 4.69) is 15.9 Å². The Hall–Kier alpha value is -0.750. The Morgan fingerprint density at radius 3 is 2.47 bits per heavy atom. The van der Waals surface area contributed by atoms with Crippen LogP contribution in [0.5, 0.6) is 5.75 Å². The molecule has 0 aromatic heterocycles. The minimum Gasteiger partial charge on any atom is -0.491 e. The van der Waals surface area contributed by atoms with Gasteiger partial charge in [-0.2, -0.15) is 13.2 Å². The fourth-order valence-corrected chi connectivity index (χ4v) is 2.66. The molecule has 0 spiro atoms. The molecule has 0 saturated heterocycles. The molecule has 1 saturated carbocycles. The lowest BCUT2D eigenvalue weighted by atomic mass is 10.0. The van der Waals surface area contributed by atoms with Gasteiger partial charge in [-0.1, -0.05) is 28.8 Å². The lowest BCUT2D eigenvalue weighted by Gasteiger charge is -2.24. The number of halogens is 4. The van der Waals surface area contributed by atoms with Crippen molar-refractivity contribution in [3.05, 3.63) is 28.2 Å². The zero-order valence-electron chi connectivity index (χ0n) is 10.3. The van der Waals surface area contributed by atoms with Crippen LogP contribution in [0, 0.1) is 0 Å². The minimum absolute atomic E-state index is 0.123. The predicted molar refractivity (Wildman–Crippen MR) is 70.0 cm³/mol. The molecule has 0 bridgehead atoms. The highest BCUT2D eigenvalue weighted by atomic mass is 79.9. The van der Waals surface area contributed by atoms with Crippen LogP contribution in [0.25, 0.3) is 0 Å². The smallest absolute Gasteiger partial charge is 0.420 e. The maximum absolute atomic E-state index is 12.9. The second kappa shape index (κ2) is 5.32. The first kappa shape index (κ1) is 14.7. The second-order valence-corrected chi connectivity index (χ2v) is 5.91. The Morgan fingerprint density at radius 2 is 1.89 bits per heavy atom. The van der Waals surface area contributed by atoms with Gasteiger partial charge in [-0.15, -0.1) is 0 Å². The van der Waals surface area contributed by atoms with Crippen molar-refractivity contribution in [1.29, 1.82) is 0 Å². The van der Waals surface area contributed by atoms with E-state index in [4.69, 9.17) is 10.5 Å². The Morgan fingerprint density at radius 1 is 1.26 bits per heavy atom. The number of alkyl halides is 3. The number of benzene rings is 1. The van der Waals surface area contributed by atoms with Crippen molar-refractivity contribution in [3.63, 3.8) is 0 Å². The summed E-state index contributed by atoms with van der Waals surface area (Å²) in [7, 11) is 0. The van der Waals surface area contributed by atoms with Crippen molar-refractivity contribution in [3.8, 4) is 5.75 Å². The fraction of sp³-hybridized carbons (Fsp3) is 0.538. The highest BCUT2D eigenvalue weighted by Gasteiger charge is 2.36. The molecule has 0 amide bonds. The summed E-state index contributed by atoms with van der Waals surface area (Å²) in [6, 6.07) is 3.88. The van der Waals surface area contributed by atoms with Gasteiger partial charge in [0, 0.05) is 4.47 Å². The molecule has 1 aliphatic carbocycles. The molecular formula is C13H15BrF3NO. The van der Waals surface area contributed by atoms with Gasteiger partial charge in [0.1, 0.15) is 12.4 Å². The lowest BCUT2D eigenvalue weighted by molar-refractivity contribution is -0.139. The molecule has 1 aromatic carbocycles. The summed E-state index contributed by atoms with van der Waals surface area (Å²) in [6.07, 6.45) is -0.828. The van der Waals surface area contributed by atoms with Crippen LogP contribution in [0.2, 0.25) is 0 Å². The second-order valence-electron chi connectivity index (χ2n) is 5.00. The Balaban J connectivity index is 2.16. The van der Waals surface area contributed by atoms with Crippen LogP contribution in [-0.4, -0.2) is 12.1 Å². The van der Waals surface area contributed by atoms with Crippen LogP contribution in [0.3, 0.4) is 0 Å². The molecule has 106 valence electrons. The molecular weight excluding hydrogens is 323 g/mol. The van der Waals surface area contributed by atoms with E-state index < -0.39 is 17.3 Å². The fourth-order valence-electron chi connectivity index (χ4n) is 2.29. The first-order chi connectivity index (χ1) is 8.80. The minimum atomic E-state index is -4.43. The Labute approximate surface area is 118 Å². The molecule has 1 aromatic rings. The van der Waals surface area contributed by atoms with Gasteiger partial charge < -0.3 is 10.5 Å². The number of hydrogen-bond acceptors (Lipinski definition) is 2. The third-order valence-electron chi connectivity index (χ3n) is 3.36. The van der Waals surface area contributed by atoms with Crippen molar-refractivity contribution < 1.29 is 17.9 Å². The Kier molecular flexibility index (Phi) is 4.11. The van der Waals surface area contributed by atoms with Gasteiger partial charge in [0.15, 0.2) is 0 Å². The van der Waals surface area contributed by atoms with Gasteiger partial charge in [-0.05, 0) is 31.0 Å². The van der Waals surface area contributed by atoms with Gasteiger partial charge in [-0.3, -0.25) is 0 Å². The summed E-state index contributed by atoms with van der Waals surface area (Å²) in [5.41, 5.74) is 4.82. The van der Waals surface area contributed by atoms with E-state index in [-0.39, 0.29) is 12.4 Å². The van der Waals surface area contributed by atoms with Crippen molar-refractivity contribution >= 4 is 15.9 Å². The quantitative estimate of drug-likeness (QED) is 0.900. The van der Waals surface area contributed by atoms with Crippen LogP contribution in [0.4, 0.5) is 13.2 Å². The van der Waals surface area contributed by atoms with E-state index in [0.29, 0.717) is 4.47 Å². The molecule has 0 unspecified atom stereocenters. The van der Waals surface area contributed by atoms with Gasteiger partial charge in [0.25, 0.3) is 0 Å². The number of nitrogens with two attached hydrogens (primary N) is 1. The van der Waals surface area contributed by atoms with E-state index in [1.54, 1.807) is 0 Å². The maximum atomic E-state index is 12.9. The summed E-state index contributed by atoms with van der Waals surface area (Å²) in [4.78, 5) is 0. The number of hydrogen-bond donors (Lipinski definition) is 1. The van der Waals surface area contributed by atoms with E-state index in [1.807, 2.05) is 0 Å². The molecule has 2 nitrogen and oxygen atoms in total. The summed E-state index contributed by atoms with van der Waals surface area (Å²) < 4.78 is 44.4. The highest BCUT2D eigenvalue weighted by molar-refractivity contribution is 9.10. The first-order valence-corrected chi connectivity index (χ1v) is 6.88. The molecule has 0 radical (unpaired) electrons. The average Bonchev–Trinajstić information content (AvgIpc) is 2.74. The van der Waals surface area contributed by atoms with E-state index >= 15 is 0 Å². The van der Waals surface area contributed by atoms with Crippen LogP contribution in [0.15, 0.2) is 22.7 Å². The van der Waals surface area contributed by atoms with Gasteiger partial charge >= 0.3 is 6.18 Å². The Bertz CT molecular complexity index is 456. The zero-order chi connectivity index (χ0) is 14.1. The number of ether oxygens (including phenoxy) is 1. The summed E-state index contributed by atoms with van der Waals surface area (Å²) in [5, 5.41) is 0. The maximum Gasteiger partial charge on any atom is 0.420 e. The SMILES string of the molecule is NC1(COc2ccc(Br)cc2C(F)(F)F)CCCC1. The molecule has 2 N–H and O–H groups in total. The normalized spacial score (nSPS) is 18.6. The van der Waals surface area contributed by atoms with Gasteiger partial charge in [-0.25, -0.2) is 0 Å². The number of rotatable bonds is 3. The van der Waals surface area contributed by atoms with Gasteiger partial charge in [0.05, 0.1) is 11.1 Å². The highest BCUT2D eigenvalue weighted by Crippen LogP contribution is 2.38. The van der Waals surface area contributed by atoms with Crippen LogP contribution in [-0.2, 0) is 6.18 Å². The van der Waals surface area contributed by atoms with Crippen molar-refractivity contribution in [2.24, 2.45) is 5.73 Å². The largest absolute Gasteiger partial charge is 0.491 e. The summed E-state index contributed by atoms with van der Waals surface area (Å²) >= 11 is 3.04. The zero-order valence-corrected chi connectivity index (χ0v) is 11.9. The molecule has 2 rings (SSSR count). The lowest BCUT2D eigenvalue weighted by Crippen LogP contribution is -2.42. The third-order valence-corrected chi connectivity index (χ3v) is 3.85. The molecule has 0 aliphatic heterocycles. The average molecular weight is 338 g/mol. The molecule has 1 aliphatic rings. The third kappa shape index (κ3) is 3.63. The van der Waals surface area contributed by atoms with E-state index in [0.717, 1.165) is 31.7 Å². The van der Waals surface area contributed by atoms with Crippen molar-refractivity contribution in [1.82, 2.24) is 0 Å². The summed E-state index contributed by atoms with van der Waals surface area (Å²) in [6.45, 7) is 0.123. The van der Waals surface area contributed by atoms with Crippen molar-refractivity contribution in [2.45, 2.75) is 37.4 Å². The molecule has 0 atom stereocenters. The van der Waals surface area contributed by atoms with E-state index in [9.17, 15) is 13.2 Å². The van der Waals surface area contributed by atoms with Gasteiger partial charge in [0.2, 0.25) is 0 Å². The monoisotopic (exact) mass is 337 g/mol. The summed E-state index contributed by atoms with van der Waals surface area (Å²) in [5.74, 6) is -0.160. The molecule has 6 heteroatoms. The topological polar surface area (TPSA) is 35.2 Å². The standard InChI is InChI=1S/C13H15BrF3NO/c14-9-3-4-11(10(7-9)13(15,16)17)19-8-12(18)5-1-2-6-12/h3-4,7H,1-2,5-6,8,18H2. The molecule has 0 heterocycles. The van der Waals surface area contributed by atoms with Crippen LogP contribution >= 0.6 is 15.9 Å². The predicted octanol–water partition coefficient (Wildman–Crippen LogP) is 4.12. The van der Waals surface area contributed by atoms with Crippen LogP contribution < -0.4 is 10.5 Å².